The number of hydrogen-bond acceptors (Lipinski definition) is 3. The van der Waals surface area contributed by atoms with Crippen molar-refractivity contribution in [1.29, 1.82) is 0 Å². The third-order valence-corrected chi connectivity index (χ3v) is 2.45. The van der Waals surface area contributed by atoms with Gasteiger partial charge in [0.05, 0.1) is 4.83 Å². The lowest BCUT2D eigenvalue weighted by atomic mass is 10.2. The molecule has 19 heavy (non-hydrogen) atoms. The third kappa shape index (κ3) is 5.52. The van der Waals surface area contributed by atoms with Gasteiger partial charge in [-0.25, -0.2) is 4.79 Å². The van der Waals surface area contributed by atoms with E-state index in [0.717, 1.165) is 0 Å². The van der Waals surface area contributed by atoms with Gasteiger partial charge in [-0.15, -0.1) is 0 Å². The topological polar surface area (TPSA) is 87.3 Å². The summed E-state index contributed by atoms with van der Waals surface area (Å²) in [7, 11) is 0. The molecule has 6 nitrogen and oxygen atoms in total. The molecule has 0 aromatic heterocycles. The van der Waals surface area contributed by atoms with Crippen LogP contribution in [0.25, 0.3) is 0 Å². The Bertz CT molecular complexity index is 503. The number of halogens is 1. The fourth-order valence-corrected chi connectivity index (χ4v) is 1.35. The molecule has 0 saturated heterocycles. The Morgan fingerprint density at radius 2 is 1.74 bits per heavy atom. The molecular weight excluding hydrogens is 314 g/mol. The van der Waals surface area contributed by atoms with Crippen molar-refractivity contribution in [1.82, 2.24) is 5.32 Å². The molecule has 1 rings (SSSR count). The smallest absolute Gasteiger partial charge is 0.325 e. The third-order valence-electron chi connectivity index (χ3n) is 2.04. The van der Waals surface area contributed by atoms with Crippen molar-refractivity contribution >= 4 is 45.2 Å². The van der Waals surface area contributed by atoms with Crippen LogP contribution in [-0.4, -0.2) is 22.7 Å². The van der Waals surface area contributed by atoms with E-state index in [1.807, 2.05) is 0 Å². The Morgan fingerprint density at radius 1 is 1.16 bits per heavy atom. The van der Waals surface area contributed by atoms with E-state index in [0.29, 0.717) is 11.4 Å². The molecular formula is C12H14BrN3O3. The maximum atomic E-state index is 11.5. The van der Waals surface area contributed by atoms with Crippen LogP contribution in [0.15, 0.2) is 24.3 Å². The van der Waals surface area contributed by atoms with Gasteiger partial charge in [0, 0.05) is 18.3 Å². The standard InChI is InChI=1S/C12H14BrN3O3/c1-7(13)11(18)15-9-4-3-5-10(6-9)16-12(19)14-8(2)17/h3-7H,1-2H3,(H,15,18)(H2,14,16,17,19). The molecule has 4 amide bonds. The van der Waals surface area contributed by atoms with Crippen molar-refractivity contribution in [2.45, 2.75) is 18.7 Å². The summed E-state index contributed by atoms with van der Waals surface area (Å²) >= 11 is 3.15. The second kappa shape index (κ2) is 6.89. The summed E-state index contributed by atoms with van der Waals surface area (Å²) in [4.78, 5) is 33.2. The predicted molar refractivity (Wildman–Crippen MR) is 76.3 cm³/mol. The molecule has 0 aliphatic carbocycles. The van der Waals surface area contributed by atoms with Gasteiger partial charge in [0.15, 0.2) is 0 Å². The number of amides is 4. The number of urea groups is 1. The molecule has 7 heteroatoms. The van der Waals surface area contributed by atoms with Gasteiger partial charge in [0.1, 0.15) is 0 Å². The van der Waals surface area contributed by atoms with E-state index in [4.69, 9.17) is 0 Å². The van der Waals surface area contributed by atoms with Crippen molar-refractivity contribution in [3.05, 3.63) is 24.3 Å². The van der Waals surface area contributed by atoms with E-state index >= 15 is 0 Å². The Balaban J connectivity index is 2.69. The van der Waals surface area contributed by atoms with E-state index in [1.54, 1.807) is 31.2 Å². The minimum Gasteiger partial charge on any atom is -0.325 e. The lowest BCUT2D eigenvalue weighted by molar-refractivity contribution is -0.118. The molecule has 1 aromatic rings. The van der Waals surface area contributed by atoms with Crippen molar-refractivity contribution < 1.29 is 14.4 Å². The Labute approximate surface area is 119 Å². The van der Waals surface area contributed by atoms with Crippen molar-refractivity contribution in [3.63, 3.8) is 0 Å². The molecule has 1 atom stereocenters. The lowest BCUT2D eigenvalue weighted by Crippen LogP contribution is -2.32. The van der Waals surface area contributed by atoms with Crippen LogP contribution in [0.4, 0.5) is 16.2 Å². The highest BCUT2D eigenvalue weighted by atomic mass is 79.9. The van der Waals surface area contributed by atoms with Crippen LogP contribution in [0, 0.1) is 0 Å². The van der Waals surface area contributed by atoms with Crippen molar-refractivity contribution in [2.75, 3.05) is 10.6 Å². The molecule has 0 radical (unpaired) electrons. The number of anilines is 2. The summed E-state index contributed by atoms with van der Waals surface area (Å²) in [5.41, 5.74) is 1.02. The quantitative estimate of drug-likeness (QED) is 0.743. The fraction of sp³-hybridized carbons (Fsp3) is 0.250. The van der Waals surface area contributed by atoms with E-state index in [-0.39, 0.29) is 10.7 Å². The van der Waals surface area contributed by atoms with Crippen LogP contribution >= 0.6 is 15.9 Å². The molecule has 0 heterocycles. The van der Waals surface area contributed by atoms with E-state index in [9.17, 15) is 14.4 Å². The summed E-state index contributed by atoms with van der Waals surface area (Å²) in [6, 6.07) is 5.99. The van der Waals surface area contributed by atoms with Crippen molar-refractivity contribution in [3.8, 4) is 0 Å². The highest BCUT2D eigenvalue weighted by molar-refractivity contribution is 9.10. The second-order valence-corrected chi connectivity index (χ2v) is 5.19. The Morgan fingerprint density at radius 3 is 2.26 bits per heavy atom. The van der Waals surface area contributed by atoms with Crippen molar-refractivity contribution in [2.24, 2.45) is 0 Å². The average Bonchev–Trinajstić information content (AvgIpc) is 2.27. The van der Waals surface area contributed by atoms with Gasteiger partial charge >= 0.3 is 6.03 Å². The molecule has 0 saturated carbocycles. The molecule has 0 fully saturated rings. The second-order valence-electron chi connectivity index (χ2n) is 3.82. The minimum absolute atomic E-state index is 0.190. The van der Waals surface area contributed by atoms with Gasteiger partial charge in [-0.05, 0) is 25.1 Å². The summed E-state index contributed by atoms with van der Waals surface area (Å²) in [6.07, 6.45) is 0. The predicted octanol–water partition coefficient (Wildman–Crippen LogP) is 2.08. The minimum atomic E-state index is -0.621. The molecule has 3 N–H and O–H groups in total. The molecule has 0 bridgehead atoms. The van der Waals surface area contributed by atoms with Crippen LogP contribution in [0.2, 0.25) is 0 Å². The average molecular weight is 328 g/mol. The van der Waals surface area contributed by atoms with Gasteiger partial charge in [0.25, 0.3) is 0 Å². The van der Waals surface area contributed by atoms with Gasteiger partial charge in [-0.2, -0.15) is 0 Å². The number of nitrogens with one attached hydrogen (secondary N) is 3. The van der Waals surface area contributed by atoms with Gasteiger partial charge in [-0.1, -0.05) is 22.0 Å². The highest BCUT2D eigenvalue weighted by Crippen LogP contribution is 2.16. The molecule has 1 aromatic carbocycles. The van der Waals surface area contributed by atoms with Crippen LogP contribution < -0.4 is 16.0 Å². The molecule has 0 aliphatic heterocycles. The van der Waals surface area contributed by atoms with Crippen LogP contribution in [-0.2, 0) is 9.59 Å². The number of benzene rings is 1. The maximum absolute atomic E-state index is 11.5. The zero-order valence-corrected chi connectivity index (χ0v) is 12.1. The first kappa shape index (κ1) is 15.2. The molecule has 1 unspecified atom stereocenters. The van der Waals surface area contributed by atoms with Gasteiger partial charge in [-0.3, -0.25) is 14.9 Å². The number of rotatable bonds is 3. The first-order valence-corrected chi connectivity index (χ1v) is 6.43. The number of carbonyl (C=O) groups is 3. The normalized spacial score (nSPS) is 11.3. The first-order chi connectivity index (χ1) is 8.88. The largest absolute Gasteiger partial charge is 0.325 e. The number of hydrogen-bond donors (Lipinski definition) is 3. The first-order valence-electron chi connectivity index (χ1n) is 5.52. The lowest BCUT2D eigenvalue weighted by Gasteiger charge is -2.09. The van der Waals surface area contributed by atoms with E-state index in [1.165, 1.54) is 6.92 Å². The summed E-state index contributed by atoms with van der Waals surface area (Å²) in [5.74, 6) is -0.639. The van der Waals surface area contributed by atoms with Crippen LogP contribution in [0.5, 0.6) is 0 Å². The summed E-state index contributed by atoms with van der Waals surface area (Å²) in [6.45, 7) is 2.95. The van der Waals surface area contributed by atoms with E-state index < -0.39 is 11.9 Å². The molecule has 102 valence electrons. The van der Waals surface area contributed by atoms with Crippen LogP contribution in [0.3, 0.4) is 0 Å². The van der Waals surface area contributed by atoms with Gasteiger partial charge in [0.2, 0.25) is 11.8 Å². The zero-order valence-electron chi connectivity index (χ0n) is 10.5. The maximum Gasteiger partial charge on any atom is 0.325 e. The fourth-order valence-electron chi connectivity index (χ4n) is 1.24. The Hall–Kier alpha value is -1.89. The Kier molecular flexibility index (Phi) is 5.50. The monoisotopic (exact) mass is 327 g/mol. The number of carbonyl (C=O) groups excluding carboxylic acids is 3. The van der Waals surface area contributed by atoms with E-state index in [2.05, 4.69) is 31.9 Å². The zero-order chi connectivity index (χ0) is 14.4. The van der Waals surface area contributed by atoms with Crippen LogP contribution in [0.1, 0.15) is 13.8 Å². The summed E-state index contributed by atoms with van der Waals surface area (Å²) in [5, 5.41) is 7.24. The van der Waals surface area contributed by atoms with Gasteiger partial charge < -0.3 is 10.6 Å². The molecule has 0 aliphatic rings. The number of imide groups is 1. The number of alkyl halides is 1. The molecule has 0 spiro atoms. The SMILES string of the molecule is CC(=O)NC(=O)Nc1cccc(NC(=O)C(C)Br)c1. The highest BCUT2D eigenvalue weighted by Gasteiger charge is 2.09. The summed E-state index contributed by atoms with van der Waals surface area (Å²) < 4.78 is 0.